The van der Waals surface area contributed by atoms with Gasteiger partial charge in [0.15, 0.2) is 0 Å². The van der Waals surface area contributed by atoms with Crippen molar-refractivity contribution in [1.82, 2.24) is 0 Å². The minimum Gasteiger partial charge on any atom is -0.487 e. The molecule has 3 nitrogen and oxygen atoms in total. The predicted octanol–water partition coefficient (Wildman–Crippen LogP) is 2.76. The summed E-state index contributed by atoms with van der Waals surface area (Å²) in [5.74, 6) is 0.823. The molecule has 1 aromatic carbocycles. The van der Waals surface area contributed by atoms with Gasteiger partial charge in [0.05, 0.1) is 10.4 Å². The van der Waals surface area contributed by atoms with Crippen LogP contribution in [-0.4, -0.2) is 0 Å². The Morgan fingerprint density at radius 2 is 2.19 bits per heavy atom. The van der Waals surface area contributed by atoms with E-state index in [2.05, 4.69) is 6.07 Å². The van der Waals surface area contributed by atoms with Crippen LogP contribution < -0.4 is 10.5 Å². The largest absolute Gasteiger partial charge is 0.487 e. The summed E-state index contributed by atoms with van der Waals surface area (Å²) in [5, 5.41) is 9.70. The molecule has 0 amide bonds. The number of para-hydroxylation sites is 1. The van der Waals surface area contributed by atoms with Crippen molar-refractivity contribution < 1.29 is 4.74 Å². The third kappa shape index (κ3) is 1.12. The molecule has 0 aliphatic carbocycles. The van der Waals surface area contributed by atoms with Crippen LogP contribution in [0, 0.1) is 11.3 Å². The average molecular weight is 228 g/mol. The van der Waals surface area contributed by atoms with Crippen LogP contribution in [0.4, 0.5) is 5.00 Å². The predicted molar refractivity (Wildman–Crippen MR) is 63.2 cm³/mol. The Balaban J connectivity index is 2.35. The van der Waals surface area contributed by atoms with Crippen molar-refractivity contribution in [2.75, 3.05) is 5.73 Å². The number of nitrogens with two attached hydrogens (primary N) is 1. The molecular weight excluding hydrogens is 220 g/mol. The Labute approximate surface area is 96.7 Å². The van der Waals surface area contributed by atoms with Gasteiger partial charge in [-0.1, -0.05) is 18.2 Å². The molecule has 0 spiro atoms. The molecule has 4 heteroatoms. The molecule has 3 rings (SSSR count). The van der Waals surface area contributed by atoms with E-state index in [0.29, 0.717) is 17.2 Å². The molecule has 0 saturated carbocycles. The Morgan fingerprint density at radius 1 is 1.38 bits per heavy atom. The molecule has 2 heterocycles. The topological polar surface area (TPSA) is 59.0 Å². The van der Waals surface area contributed by atoms with Gasteiger partial charge >= 0.3 is 0 Å². The van der Waals surface area contributed by atoms with E-state index in [1.54, 1.807) is 0 Å². The molecule has 0 saturated heterocycles. The highest BCUT2D eigenvalue weighted by molar-refractivity contribution is 7.16. The molecular formula is C12H8N2OS. The Hall–Kier alpha value is -1.99. The smallest absolute Gasteiger partial charge is 0.127 e. The second-order valence-electron chi connectivity index (χ2n) is 3.54. The maximum Gasteiger partial charge on any atom is 0.127 e. The van der Waals surface area contributed by atoms with Crippen LogP contribution in [0.25, 0.3) is 11.1 Å². The number of benzene rings is 1. The molecule has 0 unspecified atom stereocenters. The van der Waals surface area contributed by atoms with Gasteiger partial charge in [-0.3, -0.25) is 0 Å². The van der Waals surface area contributed by atoms with Crippen molar-refractivity contribution in [3.8, 4) is 22.9 Å². The standard InChI is InChI=1S/C12H8N2OS/c13-5-8-11-7-3-1-2-4-9(7)15-6-10(11)16-12(8)14/h1-4H,6,14H2. The number of nitriles is 1. The summed E-state index contributed by atoms with van der Waals surface area (Å²) < 4.78 is 5.61. The highest BCUT2D eigenvalue weighted by atomic mass is 32.1. The van der Waals surface area contributed by atoms with E-state index in [4.69, 9.17) is 15.7 Å². The number of thiophene rings is 1. The fourth-order valence-corrected chi connectivity index (χ4v) is 2.88. The molecule has 2 aromatic rings. The lowest BCUT2D eigenvalue weighted by Crippen LogP contribution is -2.02. The second-order valence-corrected chi connectivity index (χ2v) is 4.67. The number of hydrogen-bond donors (Lipinski definition) is 1. The first kappa shape index (κ1) is 9.25. The molecule has 0 radical (unpaired) electrons. The zero-order chi connectivity index (χ0) is 11.1. The number of rotatable bonds is 0. The summed E-state index contributed by atoms with van der Waals surface area (Å²) in [5.41, 5.74) is 8.33. The number of anilines is 1. The maximum absolute atomic E-state index is 9.12. The summed E-state index contributed by atoms with van der Waals surface area (Å²) in [7, 11) is 0. The van der Waals surface area contributed by atoms with Gasteiger partial charge in [0.2, 0.25) is 0 Å². The zero-order valence-electron chi connectivity index (χ0n) is 8.36. The quantitative estimate of drug-likeness (QED) is 0.754. The van der Waals surface area contributed by atoms with E-state index in [0.717, 1.165) is 21.8 Å². The highest BCUT2D eigenvalue weighted by Gasteiger charge is 2.24. The molecule has 16 heavy (non-hydrogen) atoms. The maximum atomic E-state index is 9.12. The van der Waals surface area contributed by atoms with Gasteiger partial charge in [-0.2, -0.15) is 5.26 Å². The van der Waals surface area contributed by atoms with E-state index in [1.165, 1.54) is 11.3 Å². The van der Waals surface area contributed by atoms with Crippen molar-refractivity contribution in [3.05, 3.63) is 34.7 Å². The average Bonchev–Trinajstić information content (AvgIpc) is 2.65. The van der Waals surface area contributed by atoms with Crippen molar-refractivity contribution in [1.29, 1.82) is 5.26 Å². The first-order chi connectivity index (χ1) is 7.81. The first-order valence-corrected chi connectivity index (χ1v) is 5.66. The summed E-state index contributed by atoms with van der Waals surface area (Å²) in [6.07, 6.45) is 0. The Bertz CT molecular complexity index is 610. The van der Waals surface area contributed by atoms with E-state index >= 15 is 0 Å². The lowest BCUT2D eigenvalue weighted by molar-refractivity contribution is 0.306. The van der Waals surface area contributed by atoms with E-state index in [9.17, 15) is 0 Å². The molecule has 0 atom stereocenters. The summed E-state index contributed by atoms with van der Waals surface area (Å²) in [6.45, 7) is 0.503. The van der Waals surface area contributed by atoms with Gasteiger partial charge in [-0.15, -0.1) is 11.3 Å². The lowest BCUT2D eigenvalue weighted by Gasteiger charge is -2.17. The van der Waals surface area contributed by atoms with Crippen LogP contribution in [0.15, 0.2) is 24.3 Å². The lowest BCUT2D eigenvalue weighted by atomic mass is 9.99. The molecule has 0 fully saturated rings. The van der Waals surface area contributed by atoms with Gasteiger partial charge in [0.25, 0.3) is 0 Å². The number of fused-ring (bicyclic) bond motifs is 3. The molecule has 1 aliphatic rings. The zero-order valence-corrected chi connectivity index (χ0v) is 9.17. The SMILES string of the molecule is N#Cc1c(N)sc2c1-c1ccccc1OC2. The van der Waals surface area contributed by atoms with Crippen LogP contribution in [0.3, 0.4) is 0 Å². The van der Waals surface area contributed by atoms with Gasteiger partial charge in [-0.25, -0.2) is 0 Å². The first-order valence-electron chi connectivity index (χ1n) is 4.84. The minimum absolute atomic E-state index is 0.503. The van der Waals surface area contributed by atoms with Gasteiger partial charge in [-0.05, 0) is 6.07 Å². The number of nitrogen functional groups attached to an aromatic ring is 1. The van der Waals surface area contributed by atoms with E-state index < -0.39 is 0 Å². The van der Waals surface area contributed by atoms with E-state index in [1.807, 2.05) is 24.3 Å². The molecule has 1 aliphatic heterocycles. The van der Waals surface area contributed by atoms with Crippen molar-refractivity contribution in [3.63, 3.8) is 0 Å². The summed E-state index contributed by atoms with van der Waals surface area (Å²) in [6, 6.07) is 9.90. The number of ether oxygens (including phenoxy) is 1. The fraction of sp³-hybridized carbons (Fsp3) is 0.0833. The van der Waals surface area contributed by atoms with Gasteiger partial charge in [0.1, 0.15) is 23.4 Å². The third-order valence-corrected chi connectivity index (χ3v) is 3.63. The van der Waals surface area contributed by atoms with Crippen LogP contribution in [0.2, 0.25) is 0 Å². The Morgan fingerprint density at radius 3 is 3.00 bits per heavy atom. The molecule has 1 aromatic heterocycles. The van der Waals surface area contributed by atoms with Gasteiger partial charge in [0, 0.05) is 11.1 Å². The van der Waals surface area contributed by atoms with Crippen LogP contribution in [-0.2, 0) is 6.61 Å². The normalized spacial score (nSPS) is 12.2. The highest BCUT2D eigenvalue weighted by Crippen LogP contribution is 2.45. The summed E-state index contributed by atoms with van der Waals surface area (Å²) in [4.78, 5) is 1.03. The molecule has 2 N–H and O–H groups in total. The van der Waals surface area contributed by atoms with Crippen molar-refractivity contribution in [2.45, 2.75) is 6.61 Å². The van der Waals surface area contributed by atoms with Crippen molar-refractivity contribution >= 4 is 16.3 Å². The monoisotopic (exact) mass is 228 g/mol. The van der Waals surface area contributed by atoms with E-state index in [-0.39, 0.29) is 0 Å². The second kappa shape index (κ2) is 3.26. The minimum atomic E-state index is 0.503. The third-order valence-electron chi connectivity index (χ3n) is 2.64. The van der Waals surface area contributed by atoms with Crippen molar-refractivity contribution in [2.24, 2.45) is 0 Å². The van der Waals surface area contributed by atoms with Gasteiger partial charge < -0.3 is 10.5 Å². The number of nitrogens with zero attached hydrogens (tertiary/aromatic N) is 1. The molecule has 78 valence electrons. The Kier molecular flexibility index (Phi) is 1.88. The fourth-order valence-electron chi connectivity index (χ4n) is 1.94. The summed E-state index contributed by atoms with van der Waals surface area (Å²) >= 11 is 1.44. The van der Waals surface area contributed by atoms with Crippen LogP contribution >= 0.6 is 11.3 Å². The molecule has 0 bridgehead atoms. The van der Waals surface area contributed by atoms with Crippen LogP contribution in [0.1, 0.15) is 10.4 Å². The van der Waals surface area contributed by atoms with Crippen LogP contribution in [0.5, 0.6) is 5.75 Å². The number of hydrogen-bond acceptors (Lipinski definition) is 4.